The second kappa shape index (κ2) is 5.10. The molecule has 0 rings (SSSR count). The molecule has 1 radical (unpaired) electrons. The number of carbonyl (C=O) groups is 2. The van der Waals surface area contributed by atoms with Gasteiger partial charge in [0.1, 0.15) is 0 Å². The fourth-order valence-electron chi connectivity index (χ4n) is 0.484. The van der Waals surface area contributed by atoms with Crippen molar-refractivity contribution < 1.29 is 14.3 Å². The predicted molar refractivity (Wildman–Crippen MR) is 41.2 cm³/mol. The number of hydrogen-bond donors (Lipinski definition) is 0. The number of ether oxygens (including phenoxy) is 1. The van der Waals surface area contributed by atoms with Crippen molar-refractivity contribution in [3.63, 3.8) is 0 Å². The van der Waals surface area contributed by atoms with Gasteiger partial charge < -0.3 is 0 Å². The molecule has 11 heavy (non-hydrogen) atoms. The number of rotatable bonds is 3. The average molecular weight is 220 g/mol. The zero-order valence-corrected chi connectivity index (χ0v) is 8.13. The number of Topliss-reactive ketones (excluding diaryl/α,β-unsaturated/α-hetero) is 1. The summed E-state index contributed by atoms with van der Waals surface area (Å²) in [6, 6.07) is 0. The molecule has 0 fully saturated rings. The van der Waals surface area contributed by atoms with Crippen molar-refractivity contribution in [3.05, 3.63) is 10.5 Å². The number of esters is 1. The molecule has 0 aromatic rings. The van der Waals surface area contributed by atoms with Crippen LogP contribution in [0.2, 0.25) is 0 Å². The molecule has 4 heteroatoms. The van der Waals surface area contributed by atoms with Gasteiger partial charge in [0.25, 0.3) is 0 Å². The fraction of sp³-hybridized carbons (Fsp3) is 0.429. The van der Waals surface area contributed by atoms with E-state index >= 15 is 0 Å². The van der Waals surface area contributed by atoms with Crippen LogP contribution >= 0.6 is 0 Å². The molecule has 0 aliphatic heterocycles. The van der Waals surface area contributed by atoms with Crippen molar-refractivity contribution in [1.82, 2.24) is 0 Å². The first-order valence-corrected chi connectivity index (χ1v) is 4.12. The summed E-state index contributed by atoms with van der Waals surface area (Å²) in [6.45, 7) is 3.29. The van der Waals surface area contributed by atoms with Crippen molar-refractivity contribution >= 4 is 27.8 Å². The first kappa shape index (κ1) is 10.4. The van der Waals surface area contributed by atoms with Gasteiger partial charge in [0.05, 0.1) is 0 Å². The maximum absolute atomic E-state index is 10.9. The van der Waals surface area contributed by atoms with Crippen LogP contribution in [0, 0.1) is 0 Å². The Balaban J connectivity index is 4.29. The molecule has 61 valence electrons. The molecule has 0 aromatic heterocycles. The molecular weight excluding hydrogens is 211 g/mol. The maximum atomic E-state index is 10.9. The van der Waals surface area contributed by atoms with E-state index < -0.39 is 5.97 Å². The van der Waals surface area contributed by atoms with E-state index in [1.807, 2.05) is 0 Å². The second-order valence-electron chi connectivity index (χ2n) is 1.81. The van der Waals surface area contributed by atoms with Gasteiger partial charge in [-0.05, 0) is 0 Å². The quantitative estimate of drug-likeness (QED) is 0.224. The Hall–Kier alpha value is -0.601. The minimum atomic E-state index is -0.571. The molecular formula is C7H9O3Se. The van der Waals surface area contributed by atoms with Crippen molar-refractivity contribution in [2.45, 2.75) is 13.8 Å². The van der Waals surface area contributed by atoms with E-state index in [1.54, 1.807) is 6.92 Å². The molecule has 0 saturated heterocycles. The Bertz CT molecular complexity index is 196. The zero-order chi connectivity index (χ0) is 8.85. The number of hydrogen-bond acceptors (Lipinski definition) is 3. The summed E-state index contributed by atoms with van der Waals surface area (Å²) in [5.41, 5.74) is 0.0619. The first-order valence-electron chi connectivity index (χ1n) is 3.13. The van der Waals surface area contributed by atoms with E-state index in [-0.39, 0.29) is 18.0 Å². The van der Waals surface area contributed by atoms with Crippen molar-refractivity contribution in [3.8, 4) is 0 Å². The van der Waals surface area contributed by atoms with Gasteiger partial charge in [-0.2, -0.15) is 0 Å². The molecule has 0 bridgehead atoms. The second-order valence-corrected chi connectivity index (χ2v) is 2.30. The van der Waals surface area contributed by atoms with Crippen molar-refractivity contribution in [2.75, 3.05) is 6.61 Å². The molecule has 0 atom stereocenters. The summed E-state index contributed by atoms with van der Waals surface area (Å²) >= 11 is 2.48. The van der Waals surface area contributed by atoms with Crippen LogP contribution in [0.1, 0.15) is 13.8 Å². The molecule has 0 aliphatic carbocycles. The molecule has 0 N–H and O–H groups in total. The van der Waals surface area contributed by atoms with E-state index in [4.69, 9.17) is 0 Å². The van der Waals surface area contributed by atoms with Crippen molar-refractivity contribution in [1.29, 1.82) is 0 Å². The van der Waals surface area contributed by atoms with E-state index in [0.29, 0.717) is 0 Å². The van der Waals surface area contributed by atoms with Crippen LogP contribution in [0.5, 0.6) is 0 Å². The summed E-state index contributed by atoms with van der Waals surface area (Å²) < 4.78 is 4.61. The number of ketones is 1. The topological polar surface area (TPSA) is 43.4 Å². The standard InChI is InChI=1S/C7H9O3Se/c1-3-10-7(9)6(4-11)5(2)8/h4H,3H2,1-2H3/b6-4-. The summed E-state index contributed by atoms with van der Waals surface area (Å²) in [7, 11) is 0. The van der Waals surface area contributed by atoms with Gasteiger partial charge >= 0.3 is 73.1 Å². The number of carbonyl (C=O) groups excluding carboxylic acids is 2. The molecule has 0 aliphatic rings. The van der Waals surface area contributed by atoms with Crippen LogP contribution in [-0.2, 0) is 14.3 Å². The van der Waals surface area contributed by atoms with Gasteiger partial charge in [-0.15, -0.1) is 0 Å². The summed E-state index contributed by atoms with van der Waals surface area (Å²) in [5.74, 6) is -0.860. The van der Waals surface area contributed by atoms with Crippen LogP contribution in [0.25, 0.3) is 0 Å². The minimum absolute atomic E-state index is 0.0619. The average Bonchev–Trinajstić information content (AvgIpc) is 1.88. The van der Waals surface area contributed by atoms with Crippen LogP contribution < -0.4 is 0 Å². The molecule has 0 spiro atoms. The van der Waals surface area contributed by atoms with Gasteiger partial charge in [-0.25, -0.2) is 0 Å². The SMILES string of the molecule is CCOC(=O)/C(=C\[Se])C(C)=O. The Kier molecular flexibility index (Phi) is 4.82. The van der Waals surface area contributed by atoms with Gasteiger partial charge in [0, 0.05) is 0 Å². The molecule has 0 aromatic carbocycles. The Labute approximate surface area is 73.6 Å². The molecule has 0 saturated carbocycles. The Morgan fingerprint density at radius 3 is 2.36 bits per heavy atom. The summed E-state index contributed by atoms with van der Waals surface area (Å²) in [4.78, 5) is 22.9. The molecule has 3 nitrogen and oxygen atoms in total. The van der Waals surface area contributed by atoms with E-state index in [9.17, 15) is 9.59 Å². The van der Waals surface area contributed by atoms with E-state index in [0.717, 1.165) is 0 Å². The zero-order valence-electron chi connectivity index (χ0n) is 6.42. The first-order chi connectivity index (χ1) is 5.13. The third-order valence-electron chi connectivity index (χ3n) is 0.992. The van der Waals surface area contributed by atoms with Crippen LogP contribution in [-0.4, -0.2) is 34.4 Å². The molecule has 0 heterocycles. The Morgan fingerprint density at radius 2 is 2.09 bits per heavy atom. The van der Waals surface area contributed by atoms with Gasteiger partial charge in [0.2, 0.25) is 0 Å². The summed E-state index contributed by atoms with van der Waals surface area (Å²) in [6.07, 6.45) is 0. The molecule has 0 unspecified atom stereocenters. The third-order valence-corrected chi connectivity index (χ3v) is 1.49. The normalized spacial score (nSPS) is 10.9. The van der Waals surface area contributed by atoms with Crippen LogP contribution in [0.15, 0.2) is 10.5 Å². The van der Waals surface area contributed by atoms with Crippen LogP contribution in [0.3, 0.4) is 0 Å². The van der Waals surface area contributed by atoms with E-state index in [1.165, 1.54) is 11.9 Å². The van der Waals surface area contributed by atoms with Gasteiger partial charge in [0.15, 0.2) is 0 Å². The fourth-order valence-corrected chi connectivity index (χ4v) is 1.03. The predicted octanol–water partition coefficient (Wildman–Crippen LogP) is 0.191. The summed E-state index contributed by atoms with van der Waals surface area (Å²) in [5, 5.41) is 0. The van der Waals surface area contributed by atoms with Gasteiger partial charge in [-0.3, -0.25) is 0 Å². The van der Waals surface area contributed by atoms with Crippen molar-refractivity contribution in [2.24, 2.45) is 0 Å². The molecule has 0 amide bonds. The van der Waals surface area contributed by atoms with Gasteiger partial charge in [-0.1, -0.05) is 0 Å². The monoisotopic (exact) mass is 221 g/mol. The third kappa shape index (κ3) is 3.35. The van der Waals surface area contributed by atoms with Crippen LogP contribution in [0.4, 0.5) is 0 Å². The Morgan fingerprint density at radius 1 is 1.55 bits per heavy atom. The van der Waals surface area contributed by atoms with E-state index in [2.05, 4.69) is 20.7 Å².